The van der Waals surface area contributed by atoms with Crippen LogP contribution in [0.1, 0.15) is 46.5 Å². The van der Waals surface area contributed by atoms with Gasteiger partial charge in [-0.25, -0.2) is 0 Å². The summed E-state index contributed by atoms with van der Waals surface area (Å²) in [6, 6.07) is 0.592. The van der Waals surface area contributed by atoms with E-state index in [-0.39, 0.29) is 37.8 Å². The van der Waals surface area contributed by atoms with E-state index in [2.05, 4.69) is 10.6 Å². The average molecular weight is 541 g/mol. The van der Waals surface area contributed by atoms with Crippen LogP contribution in [0.4, 0.5) is 0 Å². The Balaban J connectivity index is 2.18. The van der Waals surface area contributed by atoms with Crippen molar-refractivity contribution in [2.45, 2.75) is 83.2 Å². The van der Waals surface area contributed by atoms with E-state index in [9.17, 15) is 30.0 Å². The summed E-state index contributed by atoms with van der Waals surface area (Å²) < 4.78 is 27.9. The van der Waals surface area contributed by atoms with Gasteiger partial charge in [0, 0.05) is 51.8 Å². The summed E-state index contributed by atoms with van der Waals surface area (Å²) in [4.78, 5) is 24.0. The van der Waals surface area contributed by atoms with Gasteiger partial charge < -0.3 is 53.8 Å². The zero-order valence-corrected chi connectivity index (χ0v) is 22.5. The van der Waals surface area contributed by atoms with Crippen molar-refractivity contribution in [1.29, 1.82) is 0 Å². The van der Waals surface area contributed by atoms with E-state index < -0.39 is 46.1 Å². The number of rotatable bonds is 19. The smallest absolute Gasteiger partial charge is 0.394 e. The maximum Gasteiger partial charge on any atom is 0.500 e. The van der Waals surface area contributed by atoms with Gasteiger partial charge in [0.1, 0.15) is 24.4 Å². The Kier molecular flexibility index (Phi) is 16.5. The predicted molar refractivity (Wildman–Crippen MR) is 130 cm³/mol. The zero-order valence-electron chi connectivity index (χ0n) is 21.5. The molecular weight excluding hydrogens is 496 g/mol. The number of carbonyl (C=O) groups is 2. The SMILES string of the molecule is CCO[Si](CCCNC(=O)CCC(=O)NCCCO[C@H]1O[C@H](CO)[C@@H](O)[C@H](O)[C@@H]1O)(OCC)OCC. The van der Waals surface area contributed by atoms with Crippen molar-refractivity contribution in [1.82, 2.24) is 10.6 Å². The van der Waals surface area contributed by atoms with Gasteiger partial charge >= 0.3 is 8.80 Å². The number of aliphatic hydroxyl groups excluding tert-OH is 4. The van der Waals surface area contributed by atoms with Crippen LogP contribution in [0.25, 0.3) is 0 Å². The van der Waals surface area contributed by atoms with Gasteiger partial charge in [-0.3, -0.25) is 9.59 Å². The number of carbonyl (C=O) groups excluding carboxylic acids is 2. The molecule has 1 saturated heterocycles. The molecule has 0 aliphatic carbocycles. The minimum absolute atomic E-state index is 0.0366. The van der Waals surface area contributed by atoms with Crippen molar-refractivity contribution < 1.29 is 52.8 Å². The molecule has 2 amide bonds. The lowest BCUT2D eigenvalue weighted by Crippen LogP contribution is -2.59. The number of hydrogen-bond donors (Lipinski definition) is 6. The average Bonchev–Trinajstić information content (AvgIpc) is 2.85. The van der Waals surface area contributed by atoms with Crippen LogP contribution in [0, 0.1) is 0 Å². The Morgan fingerprint density at radius 3 is 1.86 bits per heavy atom. The highest BCUT2D eigenvalue weighted by molar-refractivity contribution is 6.60. The van der Waals surface area contributed by atoms with E-state index >= 15 is 0 Å². The summed E-state index contributed by atoms with van der Waals surface area (Å²) in [5.41, 5.74) is 0. The normalized spacial score (nSPS) is 24.5. The molecule has 0 saturated carbocycles. The van der Waals surface area contributed by atoms with Crippen LogP contribution < -0.4 is 10.6 Å². The fourth-order valence-corrected chi connectivity index (χ4v) is 6.25. The number of hydrogen-bond acceptors (Lipinski definition) is 11. The lowest BCUT2D eigenvalue weighted by atomic mass is 9.99. The molecule has 0 aromatic heterocycles. The third kappa shape index (κ3) is 11.5. The van der Waals surface area contributed by atoms with Gasteiger partial charge in [-0.2, -0.15) is 0 Å². The summed E-state index contributed by atoms with van der Waals surface area (Å²) in [6.45, 7) is 7.41. The maximum absolute atomic E-state index is 12.0. The molecule has 1 fully saturated rings. The quantitative estimate of drug-likeness (QED) is 0.0840. The molecule has 0 radical (unpaired) electrons. The first-order valence-electron chi connectivity index (χ1n) is 12.6. The fourth-order valence-electron chi connectivity index (χ4n) is 3.64. The first-order valence-corrected chi connectivity index (χ1v) is 14.5. The Bertz CT molecular complexity index is 612. The molecule has 5 atom stereocenters. The van der Waals surface area contributed by atoms with E-state index in [4.69, 9.17) is 22.8 Å². The summed E-state index contributed by atoms with van der Waals surface area (Å²) in [6.07, 6.45) is -5.55. The minimum Gasteiger partial charge on any atom is -0.394 e. The first-order chi connectivity index (χ1) is 17.2. The largest absolute Gasteiger partial charge is 0.500 e. The van der Waals surface area contributed by atoms with Gasteiger partial charge in [0.15, 0.2) is 6.29 Å². The Hall–Kier alpha value is -1.20. The van der Waals surface area contributed by atoms with Crippen LogP contribution >= 0.6 is 0 Å². The molecular formula is C22H44N2O11Si. The molecule has 1 aliphatic heterocycles. The predicted octanol–water partition coefficient (Wildman–Crippen LogP) is -1.36. The molecule has 14 heteroatoms. The lowest BCUT2D eigenvalue weighted by molar-refractivity contribution is -0.301. The van der Waals surface area contributed by atoms with Crippen molar-refractivity contribution in [3.05, 3.63) is 0 Å². The van der Waals surface area contributed by atoms with Crippen molar-refractivity contribution >= 4 is 20.6 Å². The van der Waals surface area contributed by atoms with Gasteiger partial charge in [-0.1, -0.05) is 0 Å². The van der Waals surface area contributed by atoms with Crippen LogP contribution in [0.3, 0.4) is 0 Å². The topological polar surface area (TPSA) is 185 Å². The number of nitrogens with one attached hydrogen (secondary N) is 2. The van der Waals surface area contributed by atoms with E-state index in [1.54, 1.807) is 0 Å². The molecule has 1 aliphatic rings. The molecule has 0 aromatic carbocycles. The van der Waals surface area contributed by atoms with Crippen LogP contribution in [0.5, 0.6) is 0 Å². The second kappa shape index (κ2) is 18.1. The Morgan fingerprint density at radius 2 is 1.36 bits per heavy atom. The van der Waals surface area contributed by atoms with Crippen LogP contribution in [-0.4, -0.2) is 118 Å². The third-order valence-electron chi connectivity index (χ3n) is 5.43. The van der Waals surface area contributed by atoms with E-state index in [0.717, 1.165) is 0 Å². The molecule has 0 aromatic rings. The number of amides is 2. The summed E-state index contributed by atoms with van der Waals surface area (Å²) in [5.74, 6) is -0.513. The van der Waals surface area contributed by atoms with Crippen LogP contribution in [0.2, 0.25) is 6.04 Å². The summed E-state index contributed by atoms with van der Waals surface area (Å²) >= 11 is 0. The Morgan fingerprint density at radius 1 is 0.833 bits per heavy atom. The van der Waals surface area contributed by atoms with E-state index in [1.165, 1.54) is 0 Å². The van der Waals surface area contributed by atoms with Crippen molar-refractivity contribution in [3.63, 3.8) is 0 Å². The molecule has 0 unspecified atom stereocenters. The van der Waals surface area contributed by atoms with Gasteiger partial charge in [0.05, 0.1) is 13.2 Å². The Labute approximate surface area is 213 Å². The second-order valence-corrected chi connectivity index (χ2v) is 10.9. The van der Waals surface area contributed by atoms with Crippen LogP contribution in [-0.2, 0) is 32.3 Å². The molecule has 1 heterocycles. The molecule has 13 nitrogen and oxygen atoms in total. The maximum atomic E-state index is 12.0. The van der Waals surface area contributed by atoms with Gasteiger partial charge in [0.25, 0.3) is 0 Å². The standard InChI is InChI=1S/C22H44N2O11Si/c1-4-32-36(33-5-2,34-6-3)14-8-12-24-18(27)10-9-17(26)23-11-7-13-31-22-21(30)20(29)19(28)16(15-25)35-22/h16,19-22,25,28-30H,4-15H2,1-3H3,(H,23,26)(H,24,27)/t16-,19-,20+,21+,22+/m1/s1. The van der Waals surface area contributed by atoms with Crippen molar-refractivity contribution in [3.8, 4) is 0 Å². The monoisotopic (exact) mass is 540 g/mol. The highest BCUT2D eigenvalue weighted by Gasteiger charge is 2.44. The zero-order chi connectivity index (χ0) is 27.0. The molecule has 0 spiro atoms. The molecule has 1 rings (SSSR count). The van der Waals surface area contributed by atoms with Crippen LogP contribution in [0.15, 0.2) is 0 Å². The molecule has 0 bridgehead atoms. The van der Waals surface area contributed by atoms with Crippen molar-refractivity contribution in [2.75, 3.05) is 46.1 Å². The third-order valence-corrected chi connectivity index (χ3v) is 8.58. The molecule has 36 heavy (non-hydrogen) atoms. The van der Waals surface area contributed by atoms with Gasteiger partial charge in [0.2, 0.25) is 11.8 Å². The van der Waals surface area contributed by atoms with Gasteiger partial charge in [-0.15, -0.1) is 0 Å². The molecule has 6 N–H and O–H groups in total. The highest BCUT2D eigenvalue weighted by Crippen LogP contribution is 2.22. The molecule has 212 valence electrons. The highest BCUT2D eigenvalue weighted by atomic mass is 28.4. The summed E-state index contributed by atoms with van der Waals surface area (Å²) in [5, 5.41) is 44.0. The second-order valence-electron chi connectivity index (χ2n) is 8.21. The fraction of sp³-hybridized carbons (Fsp3) is 0.909. The van der Waals surface area contributed by atoms with E-state index in [0.29, 0.717) is 45.3 Å². The van der Waals surface area contributed by atoms with E-state index in [1.807, 2.05) is 20.8 Å². The minimum atomic E-state index is -2.73. The van der Waals surface area contributed by atoms with Gasteiger partial charge in [-0.05, 0) is 33.6 Å². The lowest BCUT2D eigenvalue weighted by Gasteiger charge is -2.39. The summed E-state index contributed by atoms with van der Waals surface area (Å²) in [7, 11) is -2.73. The number of aliphatic hydroxyl groups is 4. The number of ether oxygens (including phenoxy) is 2. The van der Waals surface area contributed by atoms with Crippen molar-refractivity contribution in [2.24, 2.45) is 0 Å². The first kappa shape index (κ1) is 32.8.